The van der Waals surface area contributed by atoms with Crippen molar-refractivity contribution in [2.75, 3.05) is 0 Å². The topological polar surface area (TPSA) is 39.2 Å². The van der Waals surface area contributed by atoms with E-state index < -0.39 is 0 Å². The lowest BCUT2D eigenvalue weighted by Gasteiger charge is -2.61. The van der Waals surface area contributed by atoms with Crippen LogP contribution in [0.25, 0.3) is 0 Å². The van der Waals surface area contributed by atoms with Crippen molar-refractivity contribution < 1.29 is 9.53 Å². The summed E-state index contributed by atoms with van der Waals surface area (Å²) in [5.41, 5.74) is 1.36. The lowest BCUT2D eigenvalue weighted by atomic mass is 9.45. The van der Waals surface area contributed by atoms with Crippen LogP contribution in [0.5, 0.6) is 0 Å². The molecule has 0 aromatic carbocycles. The van der Waals surface area contributed by atoms with Gasteiger partial charge >= 0.3 is 5.97 Å². The van der Waals surface area contributed by atoms with Gasteiger partial charge in [-0.2, -0.15) is 0 Å². The molecule has 1 heterocycles. The summed E-state index contributed by atoms with van der Waals surface area (Å²) in [7, 11) is 0. The zero-order valence-corrected chi connectivity index (χ0v) is 12.5. The highest BCUT2D eigenvalue weighted by Gasteiger charge is 2.57. The highest BCUT2D eigenvalue weighted by molar-refractivity contribution is 5.72. The van der Waals surface area contributed by atoms with Gasteiger partial charge in [-0.1, -0.05) is 26.8 Å². The smallest absolute Gasteiger partial charge is 0.310 e. The Morgan fingerprint density at radius 3 is 2.85 bits per heavy atom. The van der Waals surface area contributed by atoms with Crippen molar-refractivity contribution in [3.8, 4) is 0 Å². The normalized spacial score (nSPS) is 34.1. The van der Waals surface area contributed by atoms with Gasteiger partial charge in [0.25, 0.3) is 0 Å². The fourth-order valence-corrected chi connectivity index (χ4v) is 4.14. The van der Waals surface area contributed by atoms with Gasteiger partial charge in [0.05, 0.1) is 6.42 Å². The predicted octanol–water partition coefficient (Wildman–Crippen LogP) is 3.24. The van der Waals surface area contributed by atoms with E-state index in [1.807, 2.05) is 12.1 Å². The Bertz CT molecular complexity index is 497. The fourth-order valence-electron chi connectivity index (χ4n) is 4.14. The number of rotatable bonds is 3. The maximum absolute atomic E-state index is 12.1. The first kappa shape index (κ1) is 13.6. The van der Waals surface area contributed by atoms with Crippen LogP contribution in [0.15, 0.2) is 24.5 Å². The lowest BCUT2D eigenvalue weighted by molar-refractivity contribution is -0.185. The van der Waals surface area contributed by atoms with Crippen molar-refractivity contribution in [2.45, 2.75) is 46.1 Å². The zero-order valence-electron chi connectivity index (χ0n) is 12.5. The maximum Gasteiger partial charge on any atom is 0.310 e. The van der Waals surface area contributed by atoms with Gasteiger partial charge in [-0.25, -0.2) is 0 Å². The second-order valence-electron chi connectivity index (χ2n) is 7.02. The van der Waals surface area contributed by atoms with Crippen molar-refractivity contribution in [1.29, 1.82) is 0 Å². The Labute approximate surface area is 120 Å². The molecule has 4 atom stereocenters. The number of esters is 1. The minimum absolute atomic E-state index is 0.107. The van der Waals surface area contributed by atoms with Crippen LogP contribution in [-0.2, 0) is 16.0 Å². The Morgan fingerprint density at radius 2 is 2.25 bits per heavy atom. The van der Waals surface area contributed by atoms with E-state index in [9.17, 15) is 4.79 Å². The summed E-state index contributed by atoms with van der Waals surface area (Å²) in [6.45, 7) is 6.95. The third-order valence-electron chi connectivity index (χ3n) is 5.64. The third-order valence-corrected chi connectivity index (χ3v) is 5.64. The highest BCUT2D eigenvalue weighted by atomic mass is 16.5. The van der Waals surface area contributed by atoms with Crippen LogP contribution in [-0.4, -0.2) is 17.1 Å². The molecule has 0 N–H and O–H groups in total. The van der Waals surface area contributed by atoms with E-state index in [-0.39, 0.29) is 12.1 Å². The largest absolute Gasteiger partial charge is 0.462 e. The molecular formula is C17H23NO2. The molecule has 0 radical (unpaired) electrons. The number of hydrogen-bond donors (Lipinski definition) is 0. The Hall–Kier alpha value is -1.38. The molecular weight excluding hydrogens is 250 g/mol. The van der Waals surface area contributed by atoms with Gasteiger partial charge < -0.3 is 4.74 Å². The number of nitrogens with zero attached hydrogens (tertiary/aromatic N) is 1. The molecule has 20 heavy (non-hydrogen) atoms. The summed E-state index contributed by atoms with van der Waals surface area (Å²) in [4.78, 5) is 16.1. The van der Waals surface area contributed by atoms with E-state index in [4.69, 9.17) is 4.74 Å². The van der Waals surface area contributed by atoms with Gasteiger partial charge in [-0.05, 0) is 47.6 Å². The molecule has 0 saturated heterocycles. The van der Waals surface area contributed by atoms with Crippen molar-refractivity contribution in [3.63, 3.8) is 0 Å². The number of carbonyl (C=O) groups excluding carboxylic acids is 1. The summed E-state index contributed by atoms with van der Waals surface area (Å²) >= 11 is 0. The number of ether oxygens (including phenoxy) is 1. The number of hydrogen-bond acceptors (Lipinski definition) is 3. The van der Waals surface area contributed by atoms with Gasteiger partial charge in [0, 0.05) is 12.4 Å². The molecule has 1 aromatic rings. The maximum atomic E-state index is 12.1. The first-order valence-electron chi connectivity index (χ1n) is 7.57. The van der Waals surface area contributed by atoms with E-state index in [1.165, 1.54) is 6.42 Å². The van der Waals surface area contributed by atoms with Crippen LogP contribution in [0.2, 0.25) is 0 Å². The predicted molar refractivity (Wildman–Crippen MR) is 77.0 cm³/mol. The molecule has 3 heteroatoms. The number of pyridine rings is 1. The summed E-state index contributed by atoms with van der Waals surface area (Å²) in [5, 5.41) is 0. The molecule has 0 amide bonds. The molecule has 0 spiro atoms. The number of carbonyl (C=O) groups is 1. The van der Waals surface area contributed by atoms with E-state index >= 15 is 0 Å². The van der Waals surface area contributed by atoms with Crippen LogP contribution in [0, 0.1) is 23.2 Å². The lowest BCUT2D eigenvalue weighted by Crippen LogP contribution is -2.57. The van der Waals surface area contributed by atoms with Crippen molar-refractivity contribution in [1.82, 2.24) is 4.98 Å². The molecule has 4 rings (SSSR count). The summed E-state index contributed by atoms with van der Waals surface area (Å²) in [6, 6.07) is 3.77. The van der Waals surface area contributed by atoms with Crippen molar-refractivity contribution in [2.24, 2.45) is 23.2 Å². The molecule has 1 aromatic heterocycles. The van der Waals surface area contributed by atoms with Gasteiger partial charge in [0.15, 0.2) is 0 Å². The minimum atomic E-state index is -0.117. The quantitative estimate of drug-likeness (QED) is 0.794. The van der Waals surface area contributed by atoms with E-state index in [0.29, 0.717) is 23.7 Å². The van der Waals surface area contributed by atoms with Crippen LogP contribution in [0.3, 0.4) is 0 Å². The number of fused-ring (bicyclic) bond motifs is 2. The molecule has 3 aliphatic carbocycles. The van der Waals surface area contributed by atoms with Gasteiger partial charge in [-0.3, -0.25) is 9.78 Å². The van der Waals surface area contributed by atoms with Crippen LogP contribution in [0.4, 0.5) is 0 Å². The summed E-state index contributed by atoms with van der Waals surface area (Å²) in [6.07, 6.45) is 6.22. The molecule has 3 saturated carbocycles. The van der Waals surface area contributed by atoms with Crippen LogP contribution >= 0.6 is 0 Å². The average molecular weight is 273 g/mol. The Kier molecular flexibility index (Phi) is 3.31. The highest BCUT2D eigenvalue weighted by Crippen LogP contribution is 2.61. The molecule has 3 fully saturated rings. The third kappa shape index (κ3) is 2.23. The van der Waals surface area contributed by atoms with Crippen LogP contribution in [0.1, 0.15) is 39.2 Å². The summed E-state index contributed by atoms with van der Waals surface area (Å²) in [5.74, 6) is 1.79. The summed E-state index contributed by atoms with van der Waals surface area (Å²) < 4.78 is 5.73. The zero-order chi connectivity index (χ0) is 14.3. The first-order valence-corrected chi connectivity index (χ1v) is 7.57. The Balaban J connectivity index is 1.58. The SMILES string of the molecule is C[C@@H]1C(OC(=O)Cc2cccnc2)CC2CC1C2(C)C. The molecule has 3 nitrogen and oxygen atoms in total. The van der Waals surface area contributed by atoms with E-state index in [2.05, 4.69) is 25.8 Å². The molecule has 2 bridgehead atoms. The van der Waals surface area contributed by atoms with E-state index in [0.717, 1.165) is 17.9 Å². The average Bonchev–Trinajstić information content (AvgIpc) is 2.41. The van der Waals surface area contributed by atoms with Gasteiger partial charge in [0.1, 0.15) is 6.10 Å². The number of aromatic nitrogens is 1. The van der Waals surface area contributed by atoms with Crippen molar-refractivity contribution in [3.05, 3.63) is 30.1 Å². The monoisotopic (exact) mass is 273 g/mol. The Morgan fingerprint density at radius 1 is 1.45 bits per heavy atom. The second kappa shape index (κ2) is 4.87. The molecule has 3 unspecified atom stereocenters. The molecule has 3 aliphatic rings. The fraction of sp³-hybridized carbons (Fsp3) is 0.647. The minimum Gasteiger partial charge on any atom is -0.462 e. The second-order valence-corrected chi connectivity index (χ2v) is 7.02. The van der Waals surface area contributed by atoms with Crippen molar-refractivity contribution >= 4 is 5.97 Å². The van der Waals surface area contributed by atoms with E-state index in [1.54, 1.807) is 12.4 Å². The molecule has 0 aliphatic heterocycles. The van der Waals surface area contributed by atoms with Gasteiger partial charge in [0.2, 0.25) is 0 Å². The van der Waals surface area contributed by atoms with Gasteiger partial charge in [-0.15, -0.1) is 0 Å². The standard InChI is InChI=1S/C17H23NO2/c1-11-14-8-13(17(14,2)3)9-15(11)20-16(19)7-12-5-4-6-18-10-12/h4-6,10-11,13-15H,7-9H2,1-3H3/t11-,13?,14?,15?/m0/s1. The van der Waals surface area contributed by atoms with Crippen LogP contribution < -0.4 is 0 Å². The first-order chi connectivity index (χ1) is 9.48. The molecule has 108 valence electrons.